The number of anilines is 1. The van der Waals surface area contributed by atoms with Gasteiger partial charge in [-0.05, 0) is 17.5 Å². The fraction of sp³-hybridized carbons (Fsp3) is 0.357. The zero-order valence-corrected chi connectivity index (χ0v) is 11.0. The molecule has 19 heavy (non-hydrogen) atoms. The molecule has 0 bridgehead atoms. The van der Waals surface area contributed by atoms with Crippen LogP contribution in [0, 0.1) is 15.5 Å². The molecule has 0 aromatic heterocycles. The number of nitro groups is 1. The van der Waals surface area contributed by atoms with Crippen LogP contribution in [0.25, 0.3) is 0 Å². The number of carbonyl (C=O) groups is 1. The molecule has 1 aromatic rings. The van der Waals surface area contributed by atoms with Crippen molar-refractivity contribution in [3.8, 4) is 0 Å². The monoisotopic (exact) mass is 260 g/mol. The van der Waals surface area contributed by atoms with E-state index >= 15 is 0 Å². The lowest BCUT2D eigenvalue weighted by Gasteiger charge is -2.29. The van der Waals surface area contributed by atoms with Crippen molar-refractivity contribution in [2.45, 2.75) is 26.7 Å². The largest absolute Gasteiger partial charge is 0.353 e. The lowest BCUT2D eigenvalue weighted by molar-refractivity contribution is -0.420. The summed E-state index contributed by atoms with van der Waals surface area (Å²) in [6.45, 7) is 3.88. The van der Waals surface area contributed by atoms with E-state index in [0.717, 1.165) is 5.69 Å². The summed E-state index contributed by atoms with van der Waals surface area (Å²) >= 11 is 0. The molecule has 0 atom stereocenters. The smallest absolute Gasteiger partial charge is 0.331 e. The van der Waals surface area contributed by atoms with Crippen LogP contribution in [-0.4, -0.2) is 10.7 Å². The van der Waals surface area contributed by atoms with Crippen LogP contribution in [0.1, 0.15) is 26.7 Å². The summed E-state index contributed by atoms with van der Waals surface area (Å²) in [7, 11) is 0. The number of nitrogens with zero attached hydrogens (tertiary/aromatic N) is 1. The van der Waals surface area contributed by atoms with Gasteiger partial charge in [0.1, 0.15) is 0 Å². The van der Waals surface area contributed by atoms with Crippen LogP contribution in [0.2, 0.25) is 0 Å². The molecule has 0 unspecified atom stereocenters. The molecule has 1 aromatic carbocycles. The van der Waals surface area contributed by atoms with Gasteiger partial charge < -0.3 is 5.32 Å². The van der Waals surface area contributed by atoms with Gasteiger partial charge in [0.2, 0.25) is 5.78 Å². The third-order valence-corrected chi connectivity index (χ3v) is 3.10. The van der Waals surface area contributed by atoms with E-state index in [1.54, 1.807) is 0 Å². The predicted octanol–water partition coefficient (Wildman–Crippen LogP) is 2.98. The molecule has 0 saturated heterocycles. The number of hydrogen-bond acceptors (Lipinski definition) is 4. The number of hydrogen-bond donors (Lipinski definition) is 1. The highest BCUT2D eigenvalue weighted by molar-refractivity contribution is 5.95. The van der Waals surface area contributed by atoms with Gasteiger partial charge in [-0.3, -0.25) is 14.9 Å². The number of carbonyl (C=O) groups excluding carboxylic acids is 1. The van der Waals surface area contributed by atoms with Crippen molar-refractivity contribution < 1.29 is 9.72 Å². The van der Waals surface area contributed by atoms with Crippen molar-refractivity contribution in [2.24, 2.45) is 5.41 Å². The topological polar surface area (TPSA) is 72.2 Å². The standard InChI is InChI=1S/C14H16N2O3/c1-14(2)8-11(13(16(18)19)12(17)9-14)15-10-6-4-3-5-7-10/h3-7,15H,8-9H2,1-2H3. The Labute approximate surface area is 111 Å². The van der Waals surface area contributed by atoms with Crippen molar-refractivity contribution >= 4 is 11.5 Å². The molecule has 5 heteroatoms. The Kier molecular flexibility index (Phi) is 3.38. The van der Waals surface area contributed by atoms with Gasteiger partial charge in [-0.1, -0.05) is 32.0 Å². The average Bonchev–Trinajstić information content (AvgIpc) is 2.27. The van der Waals surface area contributed by atoms with E-state index in [4.69, 9.17) is 0 Å². The fourth-order valence-corrected chi connectivity index (χ4v) is 2.32. The number of benzene rings is 1. The zero-order valence-electron chi connectivity index (χ0n) is 11.0. The maximum absolute atomic E-state index is 11.9. The number of nitrogens with one attached hydrogen (secondary N) is 1. The summed E-state index contributed by atoms with van der Waals surface area (Å²) in [4.78, 5) is 22.4. The maximum Gasteiger partial charge on any atom is 0.331 e. The average molecular weight is 260 g/mol. The molecule has 100 valence electrons. The first-order valence-corrected chi connectivity index (χ1v) is 6.12. The van der Waals surface area contributed by atoms with Gasteiger partial charge in [-0.2, -0.15) is 0 Å². The van der Waals surface area contributed by atoms with Crippen molar-refractivity contribution in [1.82, 2.24) is 0 Å². The van der Waals surface area contributed by atoms with E-state index in [1.165, 1.54) is 0 Å². The highest BCUT2D eigenvalue weighted by Gasteiger charge is 2.39. The Morgan fingerprint density at radius 1 is 1.21 bits per heavy atom. The molecule has 2 rings (SSSR count). The second kappa shape index (κ2) is 4.84. The van der Waals surface area contributed by atoms with Crippen LogP contribution in [0.15, 0.2) is 41.7 Å². The number of para-hydroxylation sites is 1. The first kappa shape index (κ1) is 13.3. The zero-order chi connectivity index (χ0) is 14.0. The quantitative estimate of drug-likeness (QED) is 0.669. The molecule has 1 aliphatic rings. The summed E-state index contributed by atoms with van der Waals surface area (Å²) in [5.41, 5.74) is 0.594. The second-order valence-corrected chi connectivity index (χ2v) is 5.52. The Balaban J connectivity index is 2.39. The molecular formula is C14H16N2O3. The lowest BCUT2D eigenvalue weighted by atomic mass is 9.77. The maximum atomic E-state index is 11.9. The molecule has 0 amide bonds. The van der Waals surface area contributed by atoms with E-state index < -0.39 is 10.7 Å². The SMILES string of the molecule is CC1(C)CC(=O)C([N+](=O)[O-])=C(Nc2ccccc2)C1. The minimum atomic E-state index is -0.581. The first-order valence-electron chi connectivity index (χ1n) is 6.12. The normalized spacial score (nSPS) is 18.3. The Morgan fingerprint density at radius 3 is 2.42 bits per heavy atom. The summed E-state index contributed by atoms with van der Waals surface area (Å²) in [6, 6.07) is 9.17. The molecule has 5 nitrogen and oxygen atoms in total. The molecule has 1 aliphatic carbocycles. The van der Waals surface area contributed by atoms with Gasteiger partial charge in [0.05, 0.1) is 10.6 Å². The van der Waals surface area contributed by atoms with Gasteiger partial charge in [-0.15, -0.1) is 0 Å². The predicted molar refractivity (Wildman–Crippen MR) is 72.1 cm³/mol. The number of allylic oxidation sites excluding steroid dienone is 2. The van der Waals surface area contributed by atoms with E-state index in [2.05, 4.69) is 5.32 Å². The molecule has 0 heterocycles. The van der Waals surface area contributed by atoms with Crippen LogP contribution >= 0.6 is 0 Å². The highest BCUT2D eigenvalue weighted by Crippen LogP contribution is 2.37. The summed E-state index contributed by atoms with van der Waals surface area (Å²) in [5, 5.41) is 14.1. The van der Waals surface area contributed by atoms with Crippen molar-refractivity contribution in [3.63, 3.8) is 0 Å². The molecule has 0 fully saturated rings. The van der Waals surface area contributed by atoms with Crippen LogP contribution in [0.5, 0.6) is 0 Å². The van der Waals surface area contributed by atoms with Gasteiger partial charge in [-0.25, -0.2) is 0 Å². The highest BCUT2D eigenvalue weighted by atomic mass is 16.6. The van der Waals surface area contributed by atoms with Gasteiger partial charge in [0.15, 0.2) is 0 Å². The minimum absolute atomic E-state index is 0.212. The second-order valence-electron chi connectivity index (χ2n) is 5.52. The number of ketones is 1. The van der Waals surface area contributed by atoms with Crippen molar-refractivity contribution in [1.29, 1.82) is 0 Å². The van der Waals surface area contributed by atoms with E-state index in [0.29, 0.717) is 12.1 Å². The van der Waals surface area contributed by atoms with E-state index in [9.17, 15) is 14.9 Å². The van der Waals surface area contributed by atoms with E-state index in [1.807, 2.05) is 44.2 Å². The van der Waals surface area contributed by atoms with Crippen molar-refractivity contribution in [2.75, 3.05) is 5.32 Å². The van der Waals surface area contributed by atoms with Crippen LogP contribution < -0.4 is 5.32 Å². The lowest BCUT2D eigenvalue weighted by Crippen LogP contribution is -2.31. The molecular weight excluding hydrogens is 244 g/mol. The van der Waals surface area contributed by atoms with Crippen molar-refractivity contribution in [3.05, 3.63) is 51.8 Å². The molecule has 1 N–H and O–H groups in total. The molecule has 0 saturated carbocycles. The van der Waals surface area contributed by atoms with Gasteiger partial charge in [0.25, 0.3) is 0 Å². The third-order valence-electron chi connectivity index (χ3n) is 3.10. The number of Topliss-reactive ketones (excluding diaryl/α,β-unsaturated/α-hetero) is 1. The molecule has 0 aliphatic heterocycles. The van der Waals surface area contributed by atoms with Crippen LogP contribution in [0.3, 0.4) is 0 Å². The van der Waals surface area contributed by atoms with Crippen LogP contribution in [-0.2, 0) is 4.79 Å². The van der Waals surface area contributed by atoms with E-state index in [-0.39, 0.29) is 17.5 Å². The Hall–Kier alpha value is -2.17. The fourth-order valence-electron chi connectivity index (χ4n) is 2.32. The summed E-state index contributed by atoms with van der Waals surface area (Å²) in [5.74, 6) is -0.403. The molecule has 0 radical (unpaired) electrons. The van der Waals surface area contributed by atoms with Gasteiger partial charge in [0, 0.05) is 18.5 Å². The summed E-state index contributed by atoms with van der Waals surface area (Å²) in [6.07, 6.45) is 0.702. The first-order chi connectivity index (χ1) is 8.89. The number of rotatable bonds is 3. The van der Waals surface area contributed by atoms with Crippen LogP contribution in [0.4, 0.5) is 5.69 Å². The Morgan fingerprint density at radius 2 is 1.84 bits per heavy atom. The minimum Gasteiger partial charge on any atom is -0.353 e. The molecule has 0 spiro atoms. The summed E-state index contributed by atoms with van der Waals surface area (Å²) < 4.78 is 0. The third kappa shape index (κ3) is 2.99. The Bertz CT molecular complexity index is 547. The van der Waals surface area contributed by atoms with Gasteiger partial charge >= 0.3 is 5.70 Å².